The number of nitrogens with one attached hydrogen (secondary N) is 1. The van der Waals surface area contributed by atoms with Crippen LogP contribution in [0, 0.1) is 0 Å². The van der Waals surface area contributed by atoms with Gasteiger partial charge in [-0.3, -0.25) is 4.79 Å². The zero-order valence-corrected chi connectivity index (χ0v) is 12.6. The largest absolute Gasteiger partial charge is 0.356 e. The van der Waals surface area contributed by atoms with Gasteiger partial charge < -0.3 is 10.2 Å². The molecule has 3 nitrogen and oxygen atoms in total. The number of anilines is 1. The van der Waals surface area contributed by atoms with Crippen molar-refractivity contribution in [2.24, 2.45) is 0 Å². The molecule has 0 aromatic carbocycles. The summed E-state index contributed by atoms with van der Waals surface area (Å²) in [5.41, 5.74) is 2.38. The molecule has 4 rings (SSSR count). The molecule has 1 aromatic heterocycles. The van der Waals surface area contributed by atoms with E-state index in [1.54, 1.807) is 0 Å². The Morgan fingerprint density at radius 3 is 2.84 bits per heavy atom. The molecule has 0 radical (unpaired) electrons. The number of carbonyl (C=O) groups excluding carboxylic acids is 1. The molecule has 1 fully saturated rings. The van der Waals surface area contributed by atoms with Gasteiger partial charge in [-0.1, -0.05) is 13.8 Å². The molecule has 3 heterocycles. The average Bonchev–Trinajstić information content (AvgIpc) is 3.05. The van der Waals surface area contributed by atoms with E-state index in [1.165, 1.54) is 29.7 Å². The van der Waals surface area contributed by atoms with Crippen molar-refractivity contribution < 1.29 is 4.79 Å². The van der Waals surface area contributed by atoms with E-state index < -0.39 is 0 Å². The second-order valence-electron chi connectivity index (χ2n) is 5.22. The quantitative estimate of drug-likeness (QED) is 0.786. The lowest BCUT2D eigenvalue weighted by Crippen LogP contribution is -2.44. The standard InChI is InChI=1S/C13H16N2OS.C2H6/c16-13-11-8-4-1-2-5-9(8)17-12(11)14-10-6-3-7-15(10)13;1-2/h10,14H,1-7H2;1-2H3. The van der Waals surface area contributed by atoms with Gasteiger partial charge in [-0.25, -0.2) is 0 Å². The summed E-state index contributed by atoms with van der Waals surface area (Å²) in [5.74, 6) is 0.292. The number of amides is 1. The Bertz CT molecular complexity index is 495. The molecule has 1 aromatic rings. The van der Waals surface area contributed by atoms with Crippen molar-refractivity contribution in [1.82, 2.24) is 4.90 Å². The number of rotatable bonds is 0. The number of fused-ring (bicyclic) bond motifs is 4. The maximum absolute atomic E-state index is 12.5. The number of hydrogen-bond donors (Lipinski definition) is 1. The van der Waals surface area contributed by atoms with Crippen molar-refractivity contribution >= 4 is 22.2 Å². The minimum absolute atomic E-state index is 0.273. The van der Waals surface area contributed by atoms with Crippen molar-refractivity contribution in [3.05, 3.63) is 16.0 Å². The predicted octanol–water partition coefficient (Wildman–Crippen LogP) is 3.64. The third-order valence-electron chi connectivity index (χ3n) is 4.20. The van der Waals surface area contributed by atoms with Gasteiger partial charge in [0.15, 0.2) is 0 Å². The molecule has 3 aliphatic rings. The van der Waals surface area contributed by atoms with E-state index in [0.29, 0.717) is 5.91 Å². The third-order valence-corrected chi connectivity index (χ3v) is 5.42. The van der Waals surface area contributed by atoms with E-state index in [2.05, 4.69) is 5.32 Å². The zero-order valence-electron chi connectivity index (χ0n) is 11.8. The molecule has 0 bridgehead atoms. The van der Waals surface area contributed by atoms with Gasteiger partial charge in [-0.2, -0.15) is 0 Å². The van der Waals surface area contributed by atoms with Crippen molar-refractivity contribution in [1.29, 1.82) is 0 Å². The first-order valence-electron chi connectivity index (χ1n) is 7.56. The Morgan fingerprint density at radius 1 is 1.21 bits per heavy atom. The summed E-state index contributed by atoms with van der Waals surface area (Å²) in [7, 11) is 0. The minimum atomic E-state index is 0.273. The second-order valence-corrected chi connectivity index (χ2v) is 6.32. The fraction of sp³-hybridized carbons (Fsp3) is 0.667. The third kappa shape index (κ3) is 1.97. The first-order chi connectivity index (χ1) is 9.34. The Morgan fingerprint density at radius 2 is 2.00 bits per heavy atom. The molecule has 0 spiro atoms. The van der Waals surface area contributed by atoms with Crippen LogP contribution in [0.4, 0.5) is 5.00 Å². The summed E-state index contributed by atoms with van der Waals surface area (Å²) in [6, 6.07) is 0. The van der Waals surface area contributed by atoms with Gasteiger partial charge in [-0.15, -0.1) is 11.3 Å². The smallest absolute Gasteiger partial charge is 0.258 e. The molecule has 4 heteroatoms. The van der Waals surface area contributed by atoms with E-state index in [4.69, 9.17) is 0 Å². The van der Waals surface area contributed by atoms with Crippen LogP contribution in [0.1, 0.15) is 60.3 Å². The van der Waals surface area contributed by atoms with Crippen LogP contribution in [0.25, 0.3) is 0 Å². The molecule has 104 valence electrons. The molecule has 0 saturated carbocycles. The van der Waals surface area contributed by atoms with E-state index in [1.807, 2.05) is 30.1 Å². The van der Waals surface area contributed by atoms with Gasteiger partial charge in [0.2, 0.25) is 0 Å². The number of thiophene rings is 1. The Labute approximate surface area is 119 Å². The topological polar surface area (TPSA) is 32.3 Å². The Kier molecular flexibility index (Phi) is 3.52. The summed E-state index contributed by atoms with van der Waals surface area (Å²) in [4.78, 5) is 16.0. The highest BCUT2D eigenvalue weighted by Gasteiger charge is 2.38. The fourth-order valence-electron chi connectivity index (χ4n) is 3.35. The van der Waals surface area contributed by atoms with E-state index in [0.717, 1.165) is 36.4 Å². The Hall–Kier alpha value is -1.03. The lowest BCUT2D eigenvalue weighted by molar-refractivity contribution is 0.0740. The van der Waals surface area contributed by atoms with Gasteiger partial charge in [0.05, 0.1) is 5.56 Å². The van der Waals surface area contributed by atoms with Gasteiger partial charge >= 0.3 is 0 Å². The van der Waals surface area contributed by atoms with E-state index in [-0.39, 0.29) is 6.17 Å². The molecule has 1 saturated heterocycles. The highest BCUT2D eigenvalue weighted by atomic mass is 32.1. The second kappa shape index (κ2) is 5.16. The van der Waals surface area contributed by atoms with Crippen molar-refractivity contribution in [3.8, 4) is 0 Å². The van der Waals surface area contributed by atoms with Crippen LogP contribution in [0.5, 0.6) is 0 Å². The van der Waals surface area contributed by atoms with Crippen LogP contribution in [-0.4, -0.2) is 23.5 Å². The summed E-state index contributed by atoms with van der Waals surface area (Å²) >= 11 is 1.83. The molecule has 1 atom stereocenters. The van der Waals surface area contributed by atoms with Gasteiger partial charge in [0.25, 0.3) is 5.91 Å². The van der Waals surface area contributed by atoms with Crippen LogP contribution in [-0.2, 0) is 12.8 Å². The maximum atomic E-state index is 12.5. The maximum Gasteiger partial charge on any atom is 0.258 e. The first-order valence-corrected chi connectivity index (χ1v) is 8.38. The molecule has 2 aliphatic heterocycles. The lowest BCUT2D eigenvalue weighted by Gasteiger charge is -2.31. The summed E-state index contributed by atoms with van der Waals surface area (Å²) in [6.07, 6.45) is 7.32. The SMILES string of the molecule is CC.O=C1c2c(sc3c2CCCC3)NC2CCCN12. The first kappa shape index (κ1) is 13.0. The molecule has 19 heavy (non-hydrogen) atoms. The fourth-order valence-corrected chi connectivity index (χ4v) is 4.68. The highest BCUT2D eigenvalue weighted by molar-refractivity contribution is 7.16. The van der Waals surface area contributed by atoms with Crippen molar-refractivity contribution in [2.75, 3.05) is 11.9 Å². The molecule has 1 aliphatic carbocycles. The van der Waals surface area contributed by atoms with Gasteiger partial charge in [-0.05, 0) is 44.1 Å². The predicted molar refractivity (Wildman–Crippen MR) is 80.0 cm³/mol. The number of aryl methyl sites for hydroxylation is 1. The van der Waals surface area contributed by atoms with Crippen molar-refractivity contribution in [2.45, 2.75) is 58.5 Å². The molecular formula is C15H22N2OS. The zero-order chi connectivity index (χ0) is 13.4. The summed E-state index contributed by atoms with van der Waals surface area (Å²) < 4.78 is 0. The van der Waals surface area contributed by atoms with Gasteiger partial charge in [0, 0.05) is 11.4 Å². The average molecular weight is 278 g/mol. The summed E-state index contributed by atoms with van der Waals surface area (Å²) in [6.45, 7) is 4.93. The van der Waals surface area contributed by atoms with Crippen LogP contribution in [0.15, 0.2) is 0 Å². The van der Waals surface area contributed by atoms with E-state index in [9.17, 15) is 4.79 Å². The van der Waals surface area contributed by atoms with E-state index >= 15 is 0 Å². The van der Waals surface area contributed by atoms with Crippen LogP contribution in [0.3, 0.4) is 0 Å². The van der Waals surface area contributed by atoms with Crippen LogP contribution < -0.4 is 5.32 Å². The molecular weight excluding hydrogens is 256 g/mol. The molecule has 1 unspecified atom stereocenters. The van der Waals surface area contributed by atoms with Crippen LogP contribution >= 0.6 is 11.3 Å². The molecule has 1 amide bonds. The number of hydrogen-bond acceptors (Lipinski definition) is 3. The minimum Gasteiger partial charge on any atom is -0.356 e. The van der Waals surface area contributed by atoms with Gasteiger partial charge in [0.1, 0.15) is 11.2 Å². The number of nitrogens with zero attached hydrogens (tertiary/aromatic N) is 1. The van der Waals surface area contributed by atoms with Crippen LogP contribution in [0.2, 0.25) is 0 Å². The normalized spacial score (nSPS) is 23.8. The molecule has 1 N–H and O–H groups in total. The highest BCUT2D eigenvalue weighted by Crippen LogP contribution is 2.42. The Balaban J connectivity index is 0.000000528. The number of carbonyl (C=O) groups is 1. The monoisotopic (exact) mass is 278 g/mol. The lowest BCUT2D eigenvalue weighted by atomic mass is 9.94. The van der Waals surface area contributed by atoms with Crippen molar-refractivity contribution in [3.63, 3.8) is 0 Å². The summed E-state index contributed by atoms with van der Waals surface area (Å²) in [5, 5.41) is 4.73.